The Bertz CT molecular complexity index is 379. The van der Waals surface area contributed by atoms with Gasteiger partial charge in [0.1, 0.15) is 0 Å². The minimum absolute atomic E-state index is 0.634. The van der Waals surface area contributed by atoms with Gasteiger partial charge in [-0.05, 0) is 24.5 Å². The molecule has 1 aromatic carbocycles. The summed E-state index contributed by atoms with van der Waals surface area (Å²) in [6.07, 6.45) is 3.50. The smallest absolute Gasteiger partial charge is 0.0503 e. The molecular weight excluding hydrogens is 236 g/mol. The molecule has 1 atom stereocenters. The van der Waals surface area contributed by atoms with Crippen molar-refractivity contribution in [1.29, 1.82) is 0 Å². The van der Waals surface area contributed by atoms with Gasteiger partial charge in [-0.2, -0.15) is 0 Å². The monoisotopic (exact) mass is 262 g/mol. The van der Waals surface area contributed by atoms with Crippen molar-refractivity contribution in [3.63, 3.8) is 0 Å². The van der Waals surface area contributed by atoms with Crippen molar-refractivity contribution in [2.24, 2.45) is 0 Å². The second kappa shape index (κ2) is 7.51. The van der Waals surface area contributed by atoms with Gasteiger partial charge in [-0.1, -0.05) is 31.5 Å². The lowest BCUT2D eigenvalue weighted by Gasteiger charge is -2.36. The van der Waals surface area contributed by atoms with Gasteiger partial charge in [0.25, 0.3) is 0 Å². The molecule has 2 rings (SSSR count). The minimum Gasteiger partial charge on any atom is -0.384 e. The Hall–Kier alpha value is -1.06. The number of methoxy groups -OCH3 is 1. The number of hydrogen-bond acceptors (Lipinski definition) is 3. The van der Waals surface area contributed by atoms with Crippen LogP contribution in [0.4, 0.5) is 5.69 Å². The fraction of sp³-hybridized carbons (Fsp3) is 0.625. The number of nitrogens with zero attached hydrogens (tertiary/aromatic N) is 1. The van der Waals surface area contributed by atoms with Crippen molar-refractivity contribution in [3.05, 3.63) is 29.8 Å². The second-order valence-electron chi connectivity index (χ2n) is 5.26. The van der Waals surface area contributed by atoms with Gasteiger partial charge < -0.3 is 15.0 Å². The molecule has 0 bridgehead atoms. The Morgan fingerprint density at radius 1 is 1.37 bits per heavy atom. The molecule has 106 valence electrons. The molecule has 0 aromatic heterocycles. The van der Waals surface area contributed by atoms with Crippen LogP contribution < -0.4 is 10.2 Å². The zero-order valence-corrected chi connectivity index (χ0v) is 12.2. The van der Waals surface area contributed by atoms with Crippen LogP contribution in [0.5, 0.6) is 0 Å². The first-order valence-electron chi connectivity index (χ1n) is 7.40. The third-order valence-corrected chi connectivity index (χ3v) is 3.80. The molecular formula is C16H26N2O. The highest BCUT2D eigenvalue weighted by atomic mass is 16.5. The topological polar surface area (TPSA) is 24.5 Å². The summed E-state index contributed by atoms with van der Waals surface area (Å²) in [5.74, 6) is 0. The third-order valence-electron chi connectivity index (χ3n) is 3.80. The van der Waals surface area contributed by atoms with Crippen molar-refractivity contribution in [3.8, 4) is 0 Å². The van der Waals surface area contributed by atoms with E-state index < -0.39 is 0 Å². The fourth-order valence-corrected chi connectivity index (χ4v) is 2.83. The Morgan fingerprint density at radius 2 is 2.21 bits per heavy atom. The van der Waals surface area contributed by atoms with Gasteiger partial charge in [-0.25, -0.2) is 0 Å². The number of piperazine rings is 1. The summed E-state index contributed by atoms with van der Waals surface area (Å²) in [4.78, 5) is 2.53. The molecule has 1 N–H and O–H groups in total. The Morgan fingerprint density at radius 3 is 3.00 bits per heavy atom. The summed E-state index contributed by atoms with van der Waals surface area (Å²) >= 11 is 0. The quantitative estimate of drug-likeness (QED) is 0.852. The molecule has 1 unspecified atom stereocenters. The molecule has 0 aliphatic carbocycles. The normalized spacial score (nSPS) is 19.7. The first kappa shape index (κ1) is 14.4. The number of hydrogen-bond donors (Lipinski definition) is 1. The largest absolute Gasteiger partial charge is 0.384 e. The molecule has 1 aliphatic rings. The van der Waals surface area contributed by atoms with Gasteiger partial charge >= 0.3 is 0 Å². The van der Waals surface area contributed by atoms with E-state index >= 15 is 0 Å². The van der Waals surface area contributed by atoms with E-state index in [9.17, 15) is 0 Å². The summed E-state index contributed by atoms with van der Waals surface area (Å²) in [6, 6.07) is 9.38. The van der Waals surface area contributed by atoms with Gasteiger partial charge in [-0.3, -0.25) is 0 Å². The van der Waals surface area contributed by atoms with Gasteiger partial charge in [0, 0.05) is 38.5 Å². The average molecular weight is 262 g/mol. The van der Waals surface area contributed by atoms with Crippen LogP contribution in [0.25, 0.3) is 0 Å². The van der Waals surface area contributed by atoms with Gasteiger partial charge in [-0.15, -0.1) is 0 Å². The van der Waals surface area contributed by atoms with Gasteiger partial charge in [0.05, 0.1) is 6.61 Å². The Labute approximate surface area is 116 Å². The molecule has 0 amide bonds. The molecule has 3 heteroatoms. The van der Waals surface area contributed by atoms with E-state index in [2.05, 4.69) is 41.4 Å². The first-order valence-corrected chi connectivity index (χ1v) is 7.40. The van der Waals surface area contributed by atoms with E-state index in [0.717, 1.165) is 32.7 Å². The predicted molar refractivity (Wildman–Crippen MR) is 80.9 cm³/mol. The third kappa shape index (κ3) is 3.95. The van der Waals surface area contributed by atoms with E-state index in [1.807, 2.05) is 0 Å². The standard InChI is InChI=1S/C16H26N2O/c1-3-6-15-13-18(11-10-17-15)16-8-5-4-7-14(16)9-12-19-2/h4-5,7-8,15,17H,3,6,9-13H2,1-2H3. The summed E-state index contributed by atoms with van der Waals surface area (Å²) in [5.41, 5.74) is 2.80. The lowest BCUT2D eigenvalue weighted by Crippen LogP contribution is -2.50. The predicted octanol–water partition coefficient (Wildman–Crippen LogP) is 2.45. The maximum Gasteiger partial charge on any atom is 0.0503 e. The van der Waals surface area contributed by atoms with Crippen LogP contribution in [0.2, 0.25) is 0 Å². The molecule has 1 saturated heterocycles. The van der Waals surface area contributed by atoms with E-state index in [1.165, 1.54) is 24.1 Å². The number of anilines is 1. The van der Waals surface area contributed by atoms with Crippen molar-refractivity contribution in [1.82, 2.24) is 5.32 Å². The number of benzene rings is 1. The summed E-state index contributed by atoms with van der Waals surface area (Å²) in [7, 11) is 1.77. The lowest BCUT2D eigenvalue weighted by molar-refractivity contribution is 0.202. The maximum absolute atomic E-state index is 5.22. The lowest BCUT2D eigenvalue weighted by atomic mass is 10.1. The van der Waals surface area contributed by atoms with E-state index in [-0.39, 0.29) is 0 Å². The molecule has 1 aliphatic heterocycles. The highest BCUT2D eigenvalue weighted by Gasteiger charge is 2.20. The average Bonchev–Trinajstić information content (AvgIpc) is 2.46. The molecule has 19 heavy (non-hydrogen) atoms. The van der Waals surface area contributed by atoms with E-state index in [0.29, 0.717) is 6.04 Å². The van der Waals surface area contributed by atoms with E-state index in [4.69, 9.17) is 4.74 Å². The molecule has 0 saturated carbocycles. The van der Waals surface area contributed by atoms with Crippen LogP contribution in [0.3, 0.4) is 0 Å². The Balaban J connectivity index is 2.07. The molecule has 3 nitrogen and oxygen atoms in total. The Kier molecular flexibility index (Phi) is 5.67. The number of ether oxygens (including phenoxy) is 1. The second-order valence-corrected chi connectivity index (χ2v) is 5.26. The molecule has 0 radical (unpaired) electrons. The zero-order chi connectivity index (χ0) is 13.5. The van der Waals surface area contributed by atoms with Gasteiger partial charge in [0.15, 0.2) is 0 Å². The van der Waals surface area contributed by atoms with Crippen LogP contribution in [-0.2, 0) is 11.2 Å². The van der Waals surface area contributed by atoms with Crippen LogP contribution in [0, 0.1) is 0 Å². The van der Waals surface area contributed by atoms with Crippen LogP contribution in [0.15, 0.2) is 24.3 Å². The number of para-hydroxylation sites is 1. The maximum atomic E-state index is 5.22. The van der Waals surface area contributed by atoms with Crippen LogP contribution >= 0.6 is 0 Å². The van der Waals surface area contributed by atoms with Crippen molar-refractivity contribution in [2.45, 2.75) is 32.2 Å². The number of rotatable bonds is 6. The van der Waals surface area contributed by atoms with Crippen molar-refractivity contribution in [2.75, 3.05) is 38.3 Å². The van der Waals surface area contributed by atoms with Crippen LogP contribution in [0.1, 0.15) is 25.3 Å². The fourth-order valence-electron chi connectivity index (χ4n) is 2.83. The number of nitrogens with one attached hydrogen (secondary N) is 1. The molecule has 1 fully saturated rings. The zero-order valence-electron chi connectivity index (χ0n) is 12.2. The summed E-state index contributed by atoms with van der Waals surface area (Å²) in [6.45, 7) is 6.36. The first-order chi connectivity index (χ1) is 9.35. The molecule has 1 heterocycles. The SMILES string of the molecule is CCCC1CN(c2ccccc2CCOC)CCN1. The highest BCUT2D eigenvalue weighted by Crippen LogP contribution is 2.22. The summed E-state index contributed by atoms with van der Waals surface area (Å²) in [5, 5.41) is 3.62. The van der Waals surface area contributed by atoms with Crippen molar-refractivity contribution >= 4 is 5.69 Å². The molecule has 1 aromatic rings. The molecule has 0 spiro atoms. The van der Waals surface area contributed by atoms with Crippen LogP contribution in [-0.4, -0.2) is 39.4 Å². The summed E-state index contributed by atoms with van der Waals surface area (Å²) < 4.78 is 5.22. The van der Waals surface area contributed by atoms with Crippen molar-refractivity contribution < 1.29 is 4.74 Å². The van der Waals surface area contributed by atoms with E-state index in [1.54, 1.807) is 7.11 Å². The minimum atomic E-state index is 0.634. The van der Waals surface area contributed by atoms with Gasteiger partial charge in [0.2, 0.25) is 0 Å². The highest BCUT2D eigenvalue weighted by molar-refractivity contribution is 5.54.